The number of carbonyl (C=O) groups is 2. The molecule has 1 atom stereocenters. The first-order chi connectivity index (χ1) is 9.84. The van der Waals surface area contributed by atoms with Crippen LogP contribution < -0.4 is 11.1 Å². The van der Waals surface area contributed by atoms with Gasteiger partial charge in [-0.1, -0.05) is 12.6 Å². The first-order valence-corrected chi connectivity index (χ1v) is 6.05. The van der Waals surface area contributed by atoms with Gasteiger partial charge in [0, 0.05) is 29.0 Å². The fourth-order valence-corrected chi connectivity index (χ4v) is 2.40. The van der Waals surface area contributed by atoms with Crippen LogP contribution in [-0.2, 0) is 11.3 Å². The molecule has 19 heavy (non-hydrogen) atoms. The van der Waals surface area contributed by atoms with Crippen molar-refractivity contribution in [2.24, 2.45) is 0 Å². The van der Waals surface area contributed by atoms with Gasteiger partial charge in [0.2, 0.25) is 5.91 Å². The Morgan fingerprint density at radius 3 is 2.95 bits per heavy atom. The lowest BCUT2D eigenvalue weighted by molar-refractivity contribution is -0.126. The number of hydrogen-bond donors (Lipinski definition) is 2. The van der Waals surface area contributed by atoms with Gasteiger partial charge in [-0.2, -0.15) is 0 Å². The number of rotatable bonds is 1. The summed E-state index contributed by atoms with van der Waals surface area (Å²) in [7, 11) is 0. The maximum Gasteiger partial charge on any atom is 0.255 e. The summed E-state index contributed by atoms with van der Waals surface area (Å²) in [6, 6.07) is 3.83. The molecule has 0 spiro atoms. The van der Waals surface area contributed by atoms with Crippen LogP contribution in [0.3, 0.4) is 0 Å². The van der Waals surface area contributed by atoms with Gasteiger partial charge in [-0.3, -0.25) is 9.59 Å². The maximum absolute atomic E-state index is 12.5. The summed E-state index contributed by atoms with van der Waals surface area (Å²) in [5, 5.41) is 2.58. The van der Waals surface area contributed by atoms with Crippen molar-refractivity contribution in [3.63, 3.8) is 0 Å². The molecular weight excluding hydrogens is 242 g/mol. The molecule has 1 aromatic rings. The van der Waals surface area contributed by atoms with Crippen LogP contribution in [0.2, 0.25) is 0 Å². The molecule has 3 rings (SSSR count). The predicted octanol–water partition coefficient (Wildman–Crippen LogP) is 1.02. The van der Waals surface area contributed by atoms with Crippen molar-refractivity contribution in [1.29, 1.82) is 0 Å². The van der Waals surface area contributed by atoms with Crippen LogP contribution in [0, 0.1) is 0 Å². The minimum atomic E-state index is -2.10. The number of amides is 2. The Hall–Kier alpha value is -2.30. The maximum atomic E-state index is 12.5. The number of hydrogen-bond acceptors (Lipinski definition) is 3. The standard InChI is InChI=1S/C14H15N3O2/c1-8-5-6-12(13(18)16-8)17-7-10-9(14(17)19)3-2-4-11(10)15/h2-4,12H,1,5-7,15H2,(H,16,18)/i7D2. The third-order valence-electron chi connectivity index (χ3n) is 3.41. The molecule has 5 heteroatoms. The second kappa shape index (κ2) is 4.12. The van der Waals surface area contributed by atoms with E-state index in [4.69, 9.17) is 8.48 Å². The lowest BCUT2D eigenvalue weighted by Gasteiger charge is -2.30. The van der Waals surface area contributed by atoms with Crippen LogP contribution in [0.25, 0.3) is 0 Å². The number of carbonyl (C=O) groups excluding carboxylic acids is 2. The van der Waals surface area contributed by atoms with Gasteiger partial charge < -0.3 is 16.0 Å². The number of anilines is 1. The van der Waals surface area contributed by atoms with Gasteiger partial charge in [0.25, 0.3) is 5.91 Å². The molecule has 0 saturated carbocycles. The van der Waals surface area contributed by atoms with Gasteiger partial charge >= 0.3 is 0 Å². The second-order valence-corrected chi connectivity index (χ2v) is 4.70. The van der Waals surface area contributed by atoms with E-state index in [-0.39, 0.29) is 16.8 Å². The largest absolute Gasteiger partial charge is 0.398 e. The lowest BCUT2D eigenvalue weighted by Crippen LogP contribution is -2.49. The summed E-state index contributed by atoms with van der Waals surface area (Å²) < 4.78 is 16.5. The topological polar surface area (TPSA) is 75.4 Å². The van der Waals surface area contributed by atoms with Crippen molar-refractivity contribution in [1.82, 2.24) is 10.2 Å². The predicted molar refractivity (Wildman–Crippen MR) is 71.0 cm³/mol. The molecular formula is C14H15N3O2. The zero-order valence-electron chi connectivity index (χ0n) is 12.3. The fraction of sp³-hybridized carbons (Fsp3) is 0.286. The molecule has 0 aliphatic carbocycles. The summed E-state index contributed by atoms with van der Waals surface area (Å²) in [4.78, 5) is 25.6. The second-order valence-electron chi connectivity index (χ2n) is 4.70. The summed E-state index contributed by atoms with van der Waals surface area (Å²) in [5.41, 5.74) is 6.99. The minimum Gasteiger partial charge on any atom is -0.398 e. The Morgan fingerprint density at radius 2 is 2.26 bits per heavy atom. The smallest absolute Gasteiger partial charge is 0.255 e. The molecule has 1 aromatic carbocycles. The van der Waals surface area contributed by atoms with E-state index in [0.29, 0.717) is 18.5 Å². The van der Waals surface area contributed by atoms with Crippen LogP contribution in [0.5, 0.6) is 0 Å². The Balaban J connectivity index is 2.06. The Bertz CT molecular complexity index is 672. The number of piperidine rings is 1. The molecule has 5 nitrogen and oxygen atoms in total. The number of nitrogens with one attached hydrogen (secondary N) is 1. The molecule has 0 bridgehead atoms. The SMILES string of the molecule is [2H]C1([2H])c2c(N)cccc2C(=O)N1C1CCC(=C)NC1=O. The van der Waals surface area contributed by atoms with Crippen molar-refractivity contribution in [2.75, 3.05) is 5.73 Å². The molecule has 2 aliphatic heterocycles. The highest BCUT2D eigenvalue weighted by Gasteiger charge is 2.38. The highest BCUT2D eigenvalue weighted by atomic mass is 16.2. The van der Waals surface area contributed by atoms with E-state index in [1.807, 2.05) is 0 Å². The highest BCUT2D eigenvalue weighted by molar-refractivity contribution is 6.02. The molecule has 1 saturated heterocycles. The van der Waals surface area contributed by atoms with Gasteiger partial charge in [0.15, 0.2) is 0 Å². The number of allylic oxidation sites excluding steroid dienone is 1. The van der Waals surface area contributed by atoms with E-state index in [0.717, 1.165) is 4.90 Å². The van der Waals surface area contributed by atoms with Crippen molar-refractivity contribution in [3.05, 3.63) is 41.6 Å². The molecule has 3 N–H and O–H groups in total. The van der Waals surface area contributed by atoms with E-state index >= 15 is 0 Å². The van der Waals surface area contributed by atoms with Crippen LogP contribution in [-0.4, -0.2) is 22.8 Å². The quantitative estimate of drug-likeness (QED) is 0.739. The molecule has 2 amide bonds. The van der Waals surface area contributed by atoms with Gasteiger partial charge in [-0.25, -0.2) is 0 Å². The van der Waals surface area contributed by atoms with E-state index in [9.17, 15) is 9.59 Å². The van der Waals surface area contributed by atoms with E-state index < -0.39 is 24.4 Å². The Kier molecular flexibility index (Phi) is 2.08. The number of benzene rings is 1. The molecule has 2 aliphatic rings. The summed E-state index contributed by atoms with van der Waals surface area (Å²) in [5.74, 6) is -0.912. The normalized spacial score (nSPS) is 26.6. The third-order valence-corrected chi connectivity index (χ3v) is 3.41. The molecule has 0 radical (unpaired) electrons. The number of fused-ring (bicyclic) bond motifs is 1. The van der Waals surface area contributed by atoms with Gasteiger partial charge in [0.1, 0.15) is 6.04 Å². The summed E-state index contributed by atoms with van der Waals surface area (Å²) in [6.07, 6.45) is 0.867. The molecule has 1 unspecified atom stereocenters. The molecule has 0 aromatic heterocycles. The van der Waals surface area contributed by atoms with E-state index in [1.165, 1.54) is 6.07 Å². The van der Waals surface area contributed by atoms with Gasteiger partial charge in [0.05, 0.1) is 2.74 Å². The van der Waals surface area contributed by atoms with Crippen LogP contribution in [0.1, 0.15) is 31.5 Å². The lowest BCUT2D eigenvalue weighted by atomic mass is 10.0. The first kappa shape index (κ1) is 9.61. The summed E-state index contributed by atoms with van der Waals surface area (Å²) in [6.45, 7) is 1.59. The fourth-order valence-electron chi connectivity index (χ4n) is 2.40. The van der Waals surface area contributed by atoms with Crippen molar-refractivity contribution >= 4 is 17.5 Å². The number of nitrogen functional groups attached to an aromatic ring is 1. The monoisotopic (exact) mass is 259 g/mol. The first-order valence-electron chi connectivity index (χ1n) is 7.05. The zero-order chi connectivity index (χ0) is 15.4. The Labute approximate surface area is 113 Å². The average Bonchev–Trinajstić information content (AvgIpc) is 2.60. The minimum absolute atomic E-state index is 0.146. The van der Waals surface area contributed by atoms with Crippen molar-refractivity contribution < 1.29 is 12.3 Å². The average molecular weight is 259 g/mol. The van der Waals surface area contributed by atoms with Crippen molar-refractivity contribution in [2.45, 2.75) is 25.4 Å². The highest BCUT2D eigenvalue weighted by Crippen LogP contribution is 2.31. The molecule has 1 fully saturated rings. The van der Waals surface area contributed by atoms with E-state index in [1.54, 1.807) is 12.1 Å². The van der Waals surface area contributed by atoms with Crippen LogP contribution in [0.4, 0.5) is 5.69 Å². The number of nitrogens with two attached hydrogens (primary N) is 1. The van der Waals surface area contributed by atoms with Crippen LogP contribution >= 0.6 is 0 Å². The van der Waals surface area contributed by atoms with Crippen molar-refractivity contribution in [3.8, 4) is 0 Å². The van der Waals surface area contributed by atoms with Crippen LogP contribution in [0.15, 0.2) is 30.5 Å². The van der Waals surface area contributed by atoms with Gasteiger partial charge in [-0.15, -0.1) is 0 Å². The van der Waals surface area contributed by atoms with E-state index in [2.05, 4.69) is 11.9 Å². The number of nitrogens with zero attached hydrogens (tertiary/aromatic N) is 1. The summed E-state index contributed by atoms with van der Waals surface area (Å²) >= 11 is 0. The molecule has 2 heterocycles. The van der Waals surface area contributed by atoms with Gasteiger partial charge in [-0.05, 0) is 25.0 Å². The Morgan fingerprint density at radius 1 is 1.47 bits per heavy atom. The molecule has 98 valence electrons. The zero-order valence-corrected chi connectivity index (χ0v) is 10.3. The third kappa shape index (κ3) is 1.78.